The van der Waals surface area contributed by atoms with Gasteiger partial charge in [-0.2, -0.15) is 0 Å². The molecule has 0 amide bonds. The Balaban J connectivity index is 3.12. The van der Waals surface area contributed by atoms with Gasteiger partial charge in [-0.05, 0) is 18.0 Å². The van der Waals surface area contributed by atoms with E-state index in [0.717, 1.165) is 0 Å². The van der Waals surface area contributed by atoms with Gasteiger partial charge in [0.2, 0.25) is 0 Å². The highest BCUT2D eigenvalue weighted by Gasteiger charge is 2.01. The number of halogens is 1. The number of H-pyrrole nitrogens is 1. The van der Waals surface area contributed by atoms with Gasteiger partial charge in [0.1, 0.15) is 6.73 Å². The Hall–Kier alpha value is -1.14. The van der Waals surface area contributed by atoms with E-state index in [9.17, 15) is 9.59 Å². The van der Waals surface area contributed by atoms with Gasteiger partial charge in [-0.1, -0.05) is 15.9 Å². The van der Waals surface area contributed by atoms with Crippen molar-refractivity contribution in [2.45, 2.75) is 13.7 Å². The lowest BCUT2D eigenvalue weighted by molar-refractivity contribution is 0.0842. The Labute approximate surface area is 94.5 Å². The maximum atomic E-state index is 11.3. The van der Waals surface area contributed by atoms with Crippen LogP contribution in [0.2, 0.25) is 0 Å². The number of aromatic amines is 1. The minimum atomic E-state index is -0.472. The van der Waals surface area contributed by atoms with E-state index >= 15 is 0 Å². The summed E-state index contributed by atoms with van der Waals surface area (Å²) in [5, 5.41) is 0. The van der Waals surface area contributed by atoms with Crippen LogP contribution < -0.4 is 11.2 Å². The SMILES string of the molecule is CCOCn1cc(/C=C/Br)c(=O)[nH]c1=O. The summed E-state index contributed by atoms with van der Waals surface area (Å²) in [7, 11) is 0. The van der Waals surface area contributed by atoms with Crippen LogP contribution in [0.1, 0.15) is 12.5 Å². The molecule has 0 saturated carbocycles. The summed E-state index contributed by atoms with van der Waals surface area (Å²) >= 11 is 3.06. The molecule has 1 aromatic rings. The van der Waals surface area contributed by atoms with Crippen LogP contribution in [0.4, 0.5) is 0 Å². The molecule has 0 radical (unpaired) electrons. The lowest BCUT2D eigenvalue weighted by atomic mass is 10.3. The van der Waals surface area contributed by atoms with Gasteiger partial charge in [-0.25, -0.2) is 4.79 Å². The predicted molar refractivity (Wildman–Crippen MR) is 60.9 cm³/mol. The third-order valence-corrected chi connectivity index (χ3v) is 1.98. The first-order chi connectivity index (χ1) is 7.19. The van der Waals surface area contributed by atoms with Crippen LogP contribution in [0, 0.1) is 0 Å². The fraction of sp³-hybridized carbons (Fsp3) is 0.333. The Kier molecular flexibility index (Phi) is 4.51. The van der Waals surface area contributed by atoms with Crippen LogP contribution in [0.3, 0.4) is 0 Å². The predicted octanol–water partition coefficient (Wildman–Crippen LogP) is 0.896. The van der Waals surface area contributed by atoms with Gasteiger partial charge in [-0.15, -0.1) is 0 Å². The second-order valence-corrected chi connectivity index (χ2v) is 3.26. The van der Waals surface area contributed by atoms with Gasteiger partial charge in [0.25, 0.3) is 5.56 Å². The molecular weight excluding hydrogens is 264 g/mol. The molecule has 0 unspecified atom stereocenters. The zero-order chi connectivity index (χ0) is 11.3. The Morgan fingerprint density at radius 1 is 1.60 bits per heavy atom. The molecule has 0 atom stereocenters. The van der Waals surface area contributed by atoms with E-state index in [0.29, 0.717) is 12.2 Å². The number of rotatable bonds is 4. The molecule has 0 aliphatic heterocycles. The van der Waals surface area contributed by atoms with Crippen LogP contribution in [-0.2, 0) is 11.5 Å². The molecule has 15 heavy (non-hydrogen) atoms. The van der Waals surface area contributed by atoms with Crippen molar-refractivity contribution in [1.29, 1.82) is 0 Å². The first-order valence-electron chi connectivity index (χ1n) is 4.37. The standard InChI is InChI=1S/C9H11BrN2O3/c1-2-15-6-12-5-7(3-4-10)8(13)11-9(12)14/h3-5H,2,6H2,1H3,(H,11,13,14)/b4-3+. The summed E-state index contributed by atoms with van der Waals surface area (Å²) in [4.78, 5) is 26.3. The normalized spacial score (nSPS) is 11.1. The molecule has 82 valence electrons. The van der Waals surface area contributed by atoms with Crippen molar-refractivity contribution in [1.82, 2.24) is 9.55 Å². The van der Waals surface area contributed by atoms with Gasteiger partial charge < -0.3 is 4.74 Å². The fourth-order valence-electron chi connectivity index (χ4n) is 0.998. The van der Waals surface area contributed by atoms with E-state index < -0.39 is 11.2 Å². The van der Waals surface area contributed by atoms with Crippen molar-refractivity contribution < 1.29 is 4.74 Å². The van der Waals surface area contributed by atoms with E-state index in [1.54, 1.807) is 11.1 Å². The minimum Gasteiger partial charge on any atom is -0.361 e. The molecule has 1 heterocycles. The highest BCUT2D eigenvalue weighted by molar-refractivity contribution is 9.11. The fourth-order valence-corrected chi connectivity index (χ4v) is 1.28. The van der Waals surface area contributed by atoms with E-state index in [4.69, 9.17) is 4.74 Å². The molecule has 0 saturated heterocycles. The first-order valence-corrected chi connectivity index (χ1v) is 5.29. The number of hydrogen-bond acceptors (Lipinski definition) is 3. The number of nitrogens with zero attached hydrogens (tertiary/aromatic N) is 1. The van der Waals surface area contributed by atoms with Crippen LogP contribution in [-0.4, -0.2) is 16.2 Å². The second-order valence-electron chi connectivity index (χ2n) is 2.73. The van der Waals surface area contributed by atoms with E-state index in [1.165, 1.54) is 10.8 Å². The van der Waals surface area contributed by atoms with Gasteiger partial charge in [0.15, 0.2) is 0 Å². The summed E-state index contributed by atoms with van der Waals surface area (Å²) < 4.78 is 6.38. The smallest absolute Gasteiger partial charge is 0.330 e. The Morgan fingerprint density at radius 2 is 2.33 bits per heavy atom. The molecule has 1 aromatic heterocycles. The lowest BCUT2D eigenvalue weighted by Crippen LogP contribution is -2.31. The number of hydrogen-bond donors (Lipinski definition) is 1. The third-order valence-electron chi connectivity index (χ3n) is 1.72. The summed E-state index contributed by atoms with van der Waals surface area (Å²) in [6.45, 7) is 2.47. The monoisotopic (exact) mass is 274 g/mol. The van der Waals surface area contributed by atoms with Crippen molar-refractivity contribution in [2.75, 3.05) is 6.61 Å². The third kappa shape index (κ3) is 3.17. The highest BCUT2D eigenvalue weighted by Crippen LogP contribution is 1.95. The molecule has 6 heteroatoms. The zero-order valence-corrected chi connectivity index (χ0v) is 9.78. The molecule has 1 rings (SSSR count). The van der Waals surface area contributed by atoms with Crippen molar-refractivity contribution >= 4 is 22.0 Å². The molecule has 0 aliphatic carbocycles. The Morgan fingerprint density at radius 3 is 2.93 bits per heavy atom. The summed E-state index contributed by atoms with van der Waals surface area (Å²) in [5.41, 5.74) is -0.491. The molecule has 0 fully saturated rings. The van der Waals surface area contributed by atoms with E-state index in [1.807, 2.05) is 6.92 Å². The van der Waals surface area contributed by atoms with Crippen molar-refractivity contribution in [3.63, 3.8) is 0 Å². The van der Waals surface area contributed by atoms with Gasteiger partial charge in [-0.3, -0.25) is 14.3 Å². The number of aromatic nitrogens is 2. The summed E-state index contributed by atoms with van der Waals surface area (Å²) in [6, 6.07) is 0. The van der Waals surface area contributed by atoms with Crippen molar-refractivity contribution in [2.24, 2.45) is 0 Å². The average Bonchev–Trinajstić information content (AvgIpc) is 2.20. The molecule has 0 spiro atoms. The summed E-state index contributed by atoms with van der Waals surface area (Å²) in [6.07, 6.45) is 3.01. The van der Waals surface area contributed by atoms with Gasteiger partial charge >= 0.3 is 5.69 Å². The van der Waals surface area contributed by atoms with Crippen molar-refractivity contribution in [3.8, 4) is 0 Å². The molecule has 0 aliphatic rings. The van der Waals surface area contributed by atoms with Crippen LogP contribution >= 0.6 is 15.9 Å². The maximum Gasteiger partial charge on any atom is 0.330 e. The van der Waals surface area contributed by atoms with Gasteiger partial charge in [0.05, 0.1) is 5.56 Å². The largest absolute Gasteiger partial charge is 0.361 e. The van der Waals surface area contributed by atoms with Crippen molar-refractivity contribution in [3.05, 3.63) is 37.6 Å². The second kappa shape index (κ2) is 5.67. The molecule has 5 nitrogen and oxygen atoms in total. The van der Waals surface area contributed by atoms with Crippen LogP contribution in [0.25, 0.3) is 6.08 Å². The average molecular weight is 275 g/mol. The minimum absolute atomic E-state index is 0.134. The van der Waals surface area contributed by atoms with Crippen LogP contribution in [0.5, 0.6) is 0 Å². The van der Waals surface area contributed by atoms with Crippen LogP contribution in [0.15, 0.2) is 20.8 Å². The van der Waals surface area contributed by atoms with Gasteiger partial charge in [0, 0.05) is 12.8 Å². The molecule has 0 bridgehead atoms. The molecular formula is C9H11BrN2O3. The van der Waals surface area contributed by atoms with E-state index in [-0.39, 0.29) is 6.73 Å². The molecule has 0 aromatic carbocycles. The number of nitrogens with one attached hydrogen (secondary N) is 1. The number of ether oxygens (including phenoxy) is 1. The first kappa shape index (κ1) is 11.9. The maximum absolute atomic E-state index is 11.3. The zero-order valence-electron chi connectivity index (χ0n) is 8.20. The van der Waals surface area contributed by atoms with E-state index in [2.05, 4.69) is 20.9 Å². The highest BCUT2D eigenvalue weighted by atomic mass is 79.9. The Bertz CT molecular complexity index is 461. The summed E-state index contributed by atoms with van der Waals surface area (Å²) in [5.74, 6) is 0. The topological polar surface area (TPSA) is 64.1 Å². The quantitative estimate of drug-likeness (QED) is 0.887. The molecule has 1 N–H and O–H groups in total. The lowest BCUT2D eigenvalue weighted by Gasteiger charge is -2.05.